The molecule has 0 bridgehead atoms. The van der Waals surface area contributed by atoms with Gasteiger partial charge in [-0.2, -0.15) is 13.2 Å². The van der Waals surface area contributed by atoms with Crippen LogP contribution in [0.15, 0.2) is 42.5 Å². The van der Waals surface area contributed by atoms with Crippen LogP contribution in [0.3, 0.4) is 0 Å². The Hall–Kier alpha value is -2.61. The van der Waals surface area contributed by atoms with E-state index in [9.17, 15) is 22.8 Å². The molecule has 2 aliphatic heterocycles. The number of piperidine rings is 1. The minimum atomic E-state index is -4.23. The topological polar surface area (TPSA) is 43.9 Å². The summed E-state index contributed by atoms with van der Waals surface area (Å²) in [6.45, 7) is 1.32. The molecule has 2 amide bonds. The fraction of sp³-hybridized carbons (Fsp3) is 0.500. The van der Waals surface area contributed by atoms with Crippen LogP contribution in [-0.2, 0) is 4.79 Å². The Morgan fingerprint density at radius 3 is 2.44 bits per heavy atom. The van der Waals surface area contributed by atoms with Crippen molar-refractivity contribution >= 4 is 22.6 Å². The van der Waals surface area contributed by atoms with Crippen LogP contribution in [0.25, 0.3) is 10.8 Å². The zero-order valence-corrected chi connectivity index (χ0v) is 18.0. The van der Waals surface area contributed by atoms with Gasteiger partial charge in [0, 0.05) is 44.8 Å². The number of nitrogens with zero attached hydrogens (tertiary/aromatic N) is 3. The first kappa shape index (κ1) is 22.6. The van der Waals surface area contributed by atoms with Crippen molar-refractivity contribution in [3.05, 3.63) is 48.0 Å². The van der Waals surface area contributed by atoms with Crippen molar-refractivity contribution in [1.82, 2.24) is 14.7 Å². The summed E-state index contributed by atoms with van der Waals surface area (Å²) in [5.74, 6) is -0.433. The lowest BCUT2D eigenvalue weighted by atomic mass is 9.95. The normalized spacial score (nSPS) is 20.9. The molecule has 2 aliphatic rings. The number of halogens is 3. The highest BCUT2D eigenvalue weighted by molar-refractivity contribution is 6.07. The van der Waals surface area contributed by atoms with Crippen LogP contribution >= 0.6 is 0 Å². The Balaban J connectivity index is 1.41. The van der Waals surface area contributed by atoms with E-state index in [0.717, 1.165) is 17.2 Å². The van der Waals surface area contributed by atoms with Crippen molar-refractivity contribution in [1.29, 1.82) is 0 Å². The Kier molecular flexibility index (Phi) is 6.69. The van der Waals surface area contributed by atoms with E-state index < -0.39 is 12.7 Å². The molecule has 0 saturated carbocycles. The van der Waals surface area contributed by atoms with E-state index in [1.54, 1.807) is 9.80 Å². The molecule has 2 fully saturated rings. The number of fused-ring (bicyclic) bond motifs is 1. The molecule has 8 heteroatoms. The molecule has 2 saturated heterocycles. The highest BCUT2D eigenvalue weighted by atomic mass is 19.4. The molecule has 4 rings (SSSR count). The van der Waals surface area contributed by atoms with Crippen LogP contribution in [0, 0.1) is 5.92 Å². The molecule has 2 aromatic carbocycles. The van der Waals surface area contributed by atoms with Gasteiger partial charge in [-0.05, 0) is 36.1 Å². The van der Waals surface area contributed by atoms with Crippen molar-refractivity contribution in [2.45, 2.75) is 25.4 Å². The molecule has 0 aliphatic carbocycles. The summed E-state index contributed by atoms with van der Waals surface area (Å²) < 4.78 is 38.1. The monoisotopic (exact) mass is 447 g/mol. The summed E-state index contributed by atoms with van der Waals surface area (Å²) in [6, 6.07) is 13.4. The highest BCUT2D eigenvalue weighted by Crippen LogP contribution is 2.25. The number of hydrogen-bond donors (Lipinski definition) is 0. The Morgan fingerprint density at radius 1 is 0.875 bits per heavy atom. The van der Waals surface area contributed by atoms with Gasteiger partial charge in [-0.3, -0.25) is 14.5 Å². The molecule has 2 aromatic rings. The van der Waals surface area contributed by atoms with E-state index in [1.165, 1.54) is 4.90 Å². The zero-order chi connectivity index (χ0) is 22.7. The third-order valence-corrected chi connectivity index (χ3v) is 6.38. The smallest absolute Gasteiger partial charge is 0.341 e. The predicted octanol–water partition coefficient (Wildman–Crippen LogP) is 3.79. The number of rotatable bonds is 3. The molecule has 2 heterocycles. The first-order valence-electron chi connectivity index (χ1n) is 11.2. The number of likely N-dealkylation sites (tertiary alicyclic amines) is 1. The van der Waals surface area contributed by atoms with Gasteiger partial charge in [0.1, 0.15) is 0 Å². The van der Waals surface area contributed by atoms with Gasteiger partial charge < -0.3 is 9.80 Å². The second-order valence-electron chi connectivity index (χ2n) is 8.69. The van der Waals surface area contributed by atoms with Crippen LogP contribution in [0.4, 0.5) is 13.2 Å². The molecule has 0 spiro atoms. The molecule has 0 radical (unpaired) electrons. The number of alkyl halides is 3. The largest absolute Gasteiger partial charge is 0.401 e. The molecular formula is C24H28F3N3O2. The van der Waals surface area contributed by atoms with Gasteiger partial charge >= 0.3 is 6.18 Å². The van der Waals surface area contributed by atoms with Gasteiger partial charge in [0.05, 0.1) is 12.5 Å². The van der Waals surface area contributed by atoms with Crippen LogP contribution in [-0.4, -0.2) is 78.5 Å². The molecule has 32 heavy (non-hydrogen) atoms. The second kappa shape index (κ2) is 9.48. The van der Waals surface area contributed by atoms with Crippen molar-refractivity contribution in [2.24, 2.45) is 5.92 Å². The molecule has 0 aromatic heterocycles. The second-order valence-corrected chi connectivity index (χ2v) is 8.69. The lowest BCUT2D eigenvalue weighted by Gasteiger charge is -2.35. The number of hydrogen-bond acceptors (Lipinski definition) is 3. The third-order valence-electron chi connectivity index (χ3n) is 6.38. The van der Waals surface area contributed by atoms with Gasteiger partial charge in [0.25, 0.3) is 5.91 Å². The molecule has 5 nitrogen and oxygen atoms in total. The first-order chi connectivity index (χ1) is 15.3. The predicted molar refractivity (Wildman–Crippen MR) is 116 cm³/mol. The summed E-state index contributed by atoms with van der Waals surface area (Å²) in [6.07, 6.45) is -2.28. The van der Waals surface area contributed by atoms with E-state index in [1.807, 2.05) is 42.5 Å². The highest BCUT2D eigenvalue weighted by Gasteiger charge is 2.35. The van der Waals surface area contributed by atoms with E-state index in [4.69, 9.17) is 0 Å². The van der Waals surface area contributed by atoms with Crippen LogP contribution < -0.4 is 0 Å². The lowest BCUT2D eigenvalue weighted by molar-refractivity contribution is -0.145. The summed E-state index contributed by atoms with van der Waals surface area (Å²) in [5, 5.41) is 1.89. The Labute approximate surface area is 185 Å². The maximum absolute atomic E-state index is 13.3. The summed E-state index contributed by atoms with van der Waals surface area (Å²) in [4.78, 5) is 31.2. The van der Waals surface area contributed by atoms with E-state index in [-0.39, 0.29) is 24.3 Å². The van der Waals surface area contributed by atoms with Crippen LogP contribution in [0.1, 0.15) is 29.6 Å². The minimum Gasteiger partial charge on any atom is -0.341 e. The van der Waals surface area contributed by atoms with E-state index >= 15 is 0 Å². The van der Waals surface area contributed by atoms with Crippen molar-refractivity contribution in [2.75, 3.05) is 45.8 Å². The lowest BCUT2D eigenvalue weighted by Crippen LogP contribution is -2.47. The molecule has 1 atom stereocenters. The first-order valence-corrected chi connectivity index (χ1v) is 11.2. The number of carbonyl (C=O) groups excluding carboxylic acids is 2. The van der Waals surface area contributed by atoms with E-state index in [0.29, 0.717) is 51.1 Å². The standard InChI is InChI=1S/C24H28F3N3O2/c25-24(26,27)17-28-11-5-13-29(15-14-28)22(31)19-8-4-12-30(16-19)23(32)21-10-3-7-18-6-1-2-9-20(18)21/h1-3,6-7,9-10,19H,4-5,8,11-17H2. The van der Waals surface area contributed by atoms with Gasteiger partial charge in [-0.15, -0.1) is 0 Å². The van der Waals surface area contributed by atoms with Gasteiger partial charge in [-0.1, -0.05) is 36.4 Å². The fourth-order valence-electron chi connectivity index (χ4n) is 4.81. The molecule has 172 valence electrons. The zero-order valence-electron chi connectivity index (χ0n) is 18.0. The van der Waals surface area contributed by atoms with Crippen molar-refractivity contribution < 1.29 is 22.8 Å². The molecular weight excluding hydrogens is 419 g/mol. The number of carbonyl (C=O) groups is 2. The SMILES string of the molecule is O=C(c1cccc2ccccc12)N1CCCC(C(=O)N2CCCN(CC(F)(F)F)CC2)C1. The molecule has 1 unspecified atom stereocenters. The van der Waals surface area contributed by atoms with Crippen molar-refractivity contribution in [3.63, 3.8) is 0 Å². The van der Waals surface area contributed by atoms with Crippen LogP contribution in [0.5, 0.6) is 0 Å². The maximum Gasteiger partial charge on any atom is 0.401 e. The summed E-state index contributed by atoms with van der Waals surface area (Å²) >= 11 is 0. The Morgan fingerprint density at radius 2 is 1.62 bits per heavy atom. The quantitative estimate of drug-likeness (QED) is 0.719. The van der Waals surface area contributed by atoms with Gasteiger partial charge in [0.2, 0.25) is 5.91 Å². The minimum absolute atomic E-state index is 0.0470. The number of benzene rings is 2. The van der Waals surface area contributed by atoms with Crippen molar-refractivity contribution in [3.8, 4) is 0 Å². The fourth-order valence-corrected chi connectivity index (χ4v) is 4.81. The number of amides is 2. The van der Waals surface area contributed by atoms with Gasteiger partial charge in [-0.25, -0.2) is 0 Å². The summed E-state index contributed by atoms with van der Waals surface area (Å²) in [5.41, 5.74) is 0.633. The van der Waals surface area contributed by atoms with Gasteiger partial charge in [0.15, 0.2) is 0 Å². The Bertz CT molecular complexity index is 973. The average Bonchev–Trinajstić information content (AvgIpc) is 3.02. The van der Waals surface area contributed by atoms with E-state index in [2.05, 4.69) is 0 Å². The average molecular weight is 448 g/mol. The summed E-state index contributed by atoms with van der Waals surface area (Å²) in [7, 11) is 0. The third kappa shape index (κ3) is 5.23. The molecule has 0 N–H and O–H groups in total. The maximum atomic E-state index is 13.3. The van der Waals surface area contributed by atoms with Crippen LogP contribution in [0.2, 0.25) is 0 Å².